The highest BCUT2D eigenvalue weighted by atomic mass is 33.1. The predicted octanol–water partition coefficient (Wildman–Crippen LogP) is 7.69. The summed E-state index contributed by atoms with van der Waals surface area (Å²) in [4.78, 5) is 14.7. The number of thiocarbonyl (C=S) groups is 1. The zero-order valence-corrected chi connectivity index (χ0v) is 23.4. The highest BCUT2D eigenvalue weighted by Crippen LogP contribution is 2.47. The molecule has 37 heavy (non-hydrogen) atoms. The highest BCUT2D eigenvalue weighted by molar-refractivity contribution is 8.78. The Bertz CT molecular complexity index is 1470. The van der Waals surface area contributed by atoms with Gasteiger partial charge in [-0.3, -0.25) is 9.00 Å². The lowest BCUT2D eigenvalue weighted by Crippen LogP contribution is -2.09. The lowest BCUT2D eigenvalue weighted by Gasteiger charge is -2.11. The van der Waals surface area contributed by atoms with Gasteiger partial charge in [0.15, 0.2) is 0 Å². The van der Waals surface area contributed by atoms with Gasteiger partial charge in [-0.05, 0) is 88.4 Å². The van der Waals surface area contributed by atoms with E-state index in [4.69, 9.17) is 17.0 Å². The fourth-order valence-corrected chi connectivity index (χ4v) is 8.57. The second-order valence-corrected chi connectivity index (χ2v) is 13.2. The fraction of sp³-hybridized carbons (Fsp3) is 0.172. The first kappa shape index (κ1) is 26.1. The number of rotatable bonds is 6. The summed E-state index contributed by atoms with van der Waals surface area (Å²) in [7, 11) is 2.46. The number of carbonyl (C=O) groups excluding carboxylic acids is 1. The van der Waals surface area contributed by atoms with E-state index >= 15 is 0 Å². The Balaban J connectivity index is 1.38. The predicted molar refractivity (Wildman–Crippen MR) is 158 cm³/mol. The van der Waals surface area contributed by atoms with Gasteiger partial charge in [-0.1, -0.05) is 64.1 Å². The van der Waals surface area contributed by atoms with Crippen molar-refractivity contribution in [1.29, 1.82) is 0 Å². The van der Waals surface area contributed by atoms with Gasteiger partial charge in [-0.2, -0.15) is 0 Å². The molecule has 0 bridgehead atoms. The summed E-state index contributed by atoms with van der Waals surface area (Å²) in [5.74, 6) is 0.578. The molecular weight excluding hydrogens is 544 g/mol. The first-order valence-corrected chi connectivity index (χ1v) is 15.9. The molecule has 2 aliphatic rings. The maximum absolute atomic E-state index is 14.2. The van der Waals surface area contributed by atoms with E-state index in [-0.39, 0.29) is 17.5 Å². The van der Waals surface area contributed by atoms with Crippen LogP contribution in [0, 0.1) is 5.82 Å². The van der Waals surface area contributed by atoms with Crippen molar-refractivity contribution in [2.24, 2.45) is 0 Å². The molecule has 3 aromatic carbocycles. The third-order valence-corrected chi connectivity index (χ3v) is 10.7. The lowest BCUT2D eigenvalue weighted by atomic mass is 10.0. The Hall–Kier alpha value is -2.52. The van der Waals surface area contributed by atoms with Crippen molar-refractivity contribution in [2.75, 3.05) is 12.0 Å². The normalized spacial score (nSPS) is 18.8. The molecule has 0 N–H and O–H groups in total. The maximum Gasteiger partial charge on any atom is 0.315 e. The van der Waals surface area contributed by atoms with Gasteiger partial charge in [0, 0.05) is 32.6 Å². The van der Waals surface area contributed by atoms with E-state index in [1.54, 1.807) is 46.0 Å². The average molecular weight is 567 g/mol. The molecule has 188 valence electrons. The summed E-state index contributed by atoms with van der Waals surface area (Å²) in [5, 5.41) is 0.188. The van der Waals surface area contributed by atoms with E-state index < -0.39 is 16.8 Å². The molecule has 1 saturated heterocycles. The molecule has 1 heterocycles. The summed E-state index contributed by atoms with van der Waals surface area (Å²) in [6, 6.07) is 19.6. The molecule has 2 unspecified atom stereocenters. The number of hydrogen-bond acceptors (Lipinski definition) is 6. The van der Waals surface area contributed by atoms with Crippen LogP contribution in [-0.2, 0) is 15.6 Å². The van der Waals surface area contributed by atoms with Gasteiger partial charge < -0.3 is 4.74 Å². The third-order valence-electron chi connectivity index (χ3n) is 6.37. The largest absolute Gasteiger partial charge is 0.426 e. The quantitative estimate of drug-likeness (QED) is 0.132. The maximum atomic E-state index is 14.2. The van der Waals surface area contributed by atoms with Crippen molar-refractivity contribution < 1.29 is 18.1 Å². The van der Waals surface area contributed by atoms with Crippen LogP contribution in [0.25, 0.3) is 17.2 Å². The Kier molecular flexibility index (Phi) is 7.81. The number of carbonyl (C=O) groups is 1. The van der Waals surface area contributed by atoms with Crippen LogP contribution in [0.3, 0.4) is 0 Å². The summed E-state index contributed by atoms with van der Waals surface area (Å²) >= 11 is 5.45. The number of esters is 1. The van der Waals surface area contributed by atoms with Crippen molar-refractivity contribution in [3.05, 3.63) is 100 Å². The first-order valence-electron chi connectivity index (χ1n) is 11.6. The number of allylic oxidation sites excluding steroid dienone is 2. The van der Waals surface area contributed by atoms with Gasteiger partial charge in [0.1, 0.15) is 11.6 Å². The molecule has 3 aromatic rings. The van der Waals surface area contributed by atoms with Crippen molar-refractivity contribution >= 4 is 72.7 Å². The Labute approximate surface area is 231 Å². The van der Waals surface area contributed by atoms with Crippen LogP contribution >= 0.6 is 33.8 Å². The SMILES string of the molecule is CC1=C(CC(=O)Oc2ccc(C3SSCC3=S)cc2)c2cc(F)ccc2C1=Cc1ccc(S(C)=O)cc1. The average Bonchev–Trinajstić information content (AvgIpc) is 3.41. The molecule has 0 radical (unpaired) electrons. The molecule has 1 aliphatic carbocycles. The van der Waals surface area contributed by atoms with Crippen LogP contribution in [0.2, 0.25) is 0 Å². The molecule has 3 nitrogen and oxygen atoms in total. The number of fused-ring (bicyclic) bond motifs is 1. The fourth-order valence-electron chi connectivity index (χ4n) is 4.46. The molecule has 0 amide bonds. The van der Waals surface area contributed by atoms with Crippen LogP contribution in [0.4, 0.5) is 4.39 Å². The van der Waals surface area contributed by atoms with Crippen LogP contribution < -0.4 is 4.74 Å². The van der Waals surface area contributed by atoms with E-state index in [1.807, 2.05) is 49.4 Å². The topological polar surface area (TPSA) is 43.4 Å². The van der Waals surface area contributed by atoms with Crippen molar-refractivity contribution in [3.8, 4) is 5.75 Å². The van der Waals surface area contributed by atoms with Gasteiger partial charge in [-0.25, -0.2) is 4.39 Å². The van der Waals surface area contributed by atoms with Crippen LogP contribution in [0.15, 0.2) is 77.2 Å². The first-order chi connectivity index (χ1) is 17.8. The Morgan fingerprint density at radius 2 is 1.84 bits per heavy atom. The summed E-state index contributed by atoms with van der Waals surface area (Å²) in [5.41, 5.74) is 6.19. The lowest BCUT2D eigenvalue weighted by molar-refractivity contribution is -0.133. The molecule has 1 aliphatic heterocycles. The van der Waals surface area contributed by atoms with Gasteiger partial charge in [0.05, 0.1) is 11.7 Å². The van der Waals surface area contributed by atoms with Crippen LogP contribution in [-0.4, -0.2) is 27.1 Å². The highest BCUT2D eigenvalue weighted by Gasteiger charge is 2.27. The Morgan fingerprint density at radius 1 is 1.11 bits per heavy atom. The number of ether oxygens (including phenoxy) is 1. The monoisotopic (exact) mass is 566 g/mol. The zero-order chi connectivity index (χ0) is 26.1. The van der Waals surface area contributed by atoms with Gasteiger partial charge in [0.2, 0.25) is 0 Å². The van der Waals surface area contributed by atoms with E-state index in [1.165, 1.54) is 12.1 Å². The summed E-state index contributed by atoms with van der Waals surface area (Å²) < 4.78 is 31.6. The number of halogens is 1. The second-order valence-electron chi connectivity index (χ2n) is 8.80. The van der Waals surface area contributed by atoms with Crippen molar-refractivity contribution in [3.63, 3.8) is 0 Å². The standard InChI is InChI=1S/C29H23FO3S4/c1-17-24(13-18-3-10-22(11-4-18)37(2)32)23-12-7-20(30)14-26(23)25(17)15-28(31)33-21-8-5-19(6-9-21)29-27(34)16-35-36-29/h3-14,29H,15-16H2,1-2H3. The molecule has 0 spiro atoms. The van der Waals surface area contributed by atoms with Gasteiger partial charge >= 0.3 is 5.97 Å². The molecule has 1 fully saturated rings. The molecule has 5 rings (SSSR count). The molecule has 0 aromatic heterocycles. The minimum absolute atomic E-state index is 0.0222. The van der Waals surface area contributed by atoms with E-state index in [0.717, 1.165) is 48.9 Å². The molecule has 8 heteroatoms. The van der Waals surface area contributed by atoms with Crippen LogP contribution in [0.5, 0.6) is 5.75 Å². The van der Waals surface area contributed by atoms with Gasteiger partial charge in [0.25, 0.3) is 0 Å². The zero-order valence-electron chi connectivity index (χ0n) is 20.2. The summed E-state index contributed by atoms with van der Waals surface area (Å²) in [6.45, 7) is 1.94. The van der Waals surface area contributed by atoms with E-state index in [9.17, 15) is 13.4 Å². The van der Waals surface area contributed by atoms with Gasteiger partial charge in [-0.15, -0.1) is 0 Å². The third kappa shape index (κ3) is 5.67. The minimum Gasteiger partial charge on any atom is -0.426 e. The van der Waals surface area contributed by atoms with Crippen LogP contribution in [0.1, 0.15) is 40.8 Å². The second kappa shape index (κ2) is 11.1. The van der Waals surface area contributed by atoms with E-state index in [2.05, 4.69) is 0 Å². The Morgan fingerprint density at radius 3 is 2.49 bits per heavy atom. The number of hydrogen-bond donors (Lipinski definition) is 0. The summed E-state index contributed by atoms with van der Waals surface area (Å²) in [6.07, 6.45) is 3.68. The van der Waals surface area contributed by atoms with Crippen molar-refractivity contribution in [1.82, 2.24) is 0 Å². The van der Waals surface area contributed by atoms with Crippen molar-refractivity contribution in [2.45, 2.75) is 23.5 Å². The molecule has 0 saturated carbocycles. The molecule has 2 atom stereocenters. The smallest absolute Gasteiger partial charge is 0.315 e. The van der Waals surface area contributed by atoms with E-state index in [0.29, 0.717) is 11.3 Å². The molecular formula is C29H23FO3S4. The minimum atomic E-state index is -1.05. The number of benzene rings is 3.